The first-order chi connectivity index (χ1) is 14.2. The molecule has 1 fully saturated rings. The number of rotatable bonds is 6. The van der Waals surface area contributed by atoms with E-state index in [4.69, 9.17) is 0 Å². The predicted octanol–water partition coefficient (Wildman–Crippen LogP) is 4.58. The highest BCUT2D eigenvalue weighted by Crippen LogP contribution is 2.46. The Morgan fingerprint density at radius 1 is 1.07 bits per heavy atom. The Balaban J connectivity index is 0.00000256. The SMILES string of the molecule is CN=C(NCc1ccccc1-n1nc(C)cc1C)NCC1CC1c1ccccc1.I. The highest BCUT2D eigenvalue weighted by atomic mass is 127. The average Bonchev–Trinajstić information content (AvgIpc) is 3.45. The first-order valence-electron chi connectivity index (χ1n) is 10.3. The number of benzene rings is 2. The predicted molar refractivity (Wildman–Crippen MR) is 134 cm³/mol. The van der Waals surface area contributed by atoms with E-state index >= 15 is 0 Å². The van der Waals surface area contributed by atoms with E-state index in [1.165, 1.54) is 17.5 Å². The van der Waals surface area contributed by atoms with E-state index in [1.807, 2.05) is 18.7 Å². The van der Waals surface area contributed by atoms with Crippen LogP contribution in [0, 0.1) is 19.8 Å². The van der Waals surface area contributed by atoms with Crippen molar-refractivity contribution < 1.29 is 0 Å². The molecule has 6 heteroatoms. The van der Waals surface area contributed by atoms with Crippen LogP contribution in [0.2, 0.25) is 0 Å². The second-order valence-electron chi connectivity index (χ2n) is 7.79. The van der Waals surface area contributed by atoms with E-state index in [-0.39, 0.29) is 24.0 Å². The summed E-state index contributed by atoms with van der Waals surface area (Å²) in [6.45, 7) is 5.75. The molecule has 0 spiro atoms. The van der Waals surface area contributed by atoms with Crippen LogP contribution in [0.5, 0.6) is 0 Å². The normalized spacial score (nSPS) is 17.9. The molecule has 1 aromatic heterocycles. The van der Waals surface area contributed by atoms with Gasteiger partial charge in [0.15, 0.2) is 5.96 Å². The topological polar surface area (TPSA) is 54.2 Å². The van der Waals surface area contributed by atoms with Crippen molar-refractivity contribution >= 4 is 29.9 Å². The third-order valence-electron chi connectivity index (χ3n) is 5.58. The monoisotopic (exact) mass is 515 g/mol. The number of aromatic nitrogens is 2. The highest BCUT2D eigenvalue weighted by molar-refractivity contribution is 14.0. The van der Waals surface area contributed by atoms with Gasteiger partial charge in [-0.3, -0.25) is 4.99 Å². The average molecular weight is 515 g/mol. The van der Waals surface area contributed by atoms with E-state index in [1.54, 1.807) is 0 Å². The number of nitrogens with one attached hydrogen (secondary N) is 2. The molecule has 4 rings (SSSR count). The number of aryl methyl sites for hydroxylation is 2. The van der Waals surface area contributed by atoms with Crippen LogP contribution in [0.3, 0.4) is 0 Å². The zero-order valence-electron chi connectivity index (χ0n) is 17.8. The second kappa shape index (κ2) is 10.1. The van der Waals surface area contributed by atoms with Gasteiger partial charge in [-0.1, -0.05) is 48.5 Å². The smallest absolute Gasteiger partial charge is 0.191 e. The van der Waals surface area contributed by atoms with Crippen LogP contribution in [0.1, 0.15) is 34.9 Å². The minimum atomic E-state index is 0. The highest BCUT2D eigenvalue weighted by Gasteiger charge is 2.37. The molecule has 0 saturated heterocycles. The molecule has 0 amide bonds. The molecule has 0 bridgehead atoms. The Morgan fingerprint density at radius 3 is 2.50 bits per heavy atom. The van der Waals surface area contributed by atoms with Gasteiger partial charge in [0.1, 0.15) is 0 Å². The number of aliphatic imine (C=N–C) groups is 1. The van der Waals surface area contributed by atoms with Crippen LogP contribution < -0.4 is 10.6 Å². The van der Waals surface area contributed by atoms with E-state index in [9.17, 15) is 0 Å². The third kappa shape index (κ3) is 5.22. The van der Waals surface area contributed by atoms with Gasteiger partial charge in [0, 0.05) is 25.8 Å². The number of nitrogens with zero attached hydrogens (tertiary/aromatic N) is 3. The van der Waals surface area contributed by atoms with Gasteiger partial charge < -0.3 is 10.6 Å². The Hall–Kier alpha value is -2.35. The molecule has 0 radical (unpaired) electrons. The minimum Gasteiger partial charge on any atom is -0.356 e. The van der Waals surface area contributed by atoms with Crippen molar-refractivity contribution in [2.45, 2.75) is 32.7 Å². The van der Waals surface area contributed by atoms with Gasteiger partial charge in [-0.15, -0.1) is 24.0 Å². The molecule has 1 aliphatic carbocycles. The summed E-state index contributed by atoms with van der Waals surface area (Å²) in [5, 5.41) is 11.6. The Morgan fingerprint density at radius 2 is 1.80 bits per heavy atom. The first kappa shape index (κ1) is 22.3. The molecule has 2 unspecified atom stereocenters. The molecular formula is C24H30IN5. The summed E-state index contributed by atoms with van der Waals surface area (Å²) in [5.74, 6) is 2.19. The first-order valence-corrected chi connectivity index (χ1v) is 10.3. The maximum atomic E-state index is 4.64. The molecule has 2 N–H and O–H groups in total. The number of guanidine groups is 1. The molecule has 2 aromatic carbocycles. The second-order valence-corrected chi connectivity index (χ2v) is 7.79. The summed E-state index contributed by atoms with van der Waals surface area (Å²) in [5.41, 5.74) is 5.90. The van der Waals surface area contributed by atoms with Crippen molar-refractivity contribution in [2.24, 2.45) is 10.9 Å². The maximum absolute atomic E-state index is 4.64. The molecular weight excluding hydrogens is 485 g/mol. The van der Waals surface area contributed by atoms with E-state index in [2.05, 4.69) is 88.3 Å². The van der Waals surface area contributed by atoms with Gasteiger partial charge in [-0.25, -0.2) is 4.68 Å². The molecule has 1 saturated carbocycles. The summed E-state index contributed by atoms with van der Waals surface area (Å²) < 4.78 is 2.01. The minimum absolute atomic E-state index is 0. The van der Waals surface area contributed by atoms with Crippen LogP contribution >= 0.6 is 24.0 Å². The van der Waals surface area contributed by atoms with Gasteiger partial charge in [-0.2, -0.15) is 5.10 Å². The zero-order valence-corrected chi connectivity index (χ0v) is 20.1. The van der Waals surface area contributed by atoms with Crippen molar-refractivity contribution in [3.8, 4) is 5.69 Å². The summed E-state index contributed by atoms with van der Waals surface area (Å²) in [6, 6.07) is 21.3. The van der Waals surface area contributed by atoms with E-state index in [0.29, 0.717) is 18.4 Å². The van der Waals surface area contributed by atoms with Gasteiger partial charge in [0.05, 0.1) is 11.4 Å². The van der Waals surface area contributed by atoms with Crippen molar-refractivity contribution in [1.29, 1.82) is 0 Å². The van der Waals surface area contributed by atoms with Crippen LogP contribution in [0.25, 0.3) is 5.69 Å². The zero-order chi connectivity index (χ0) is 20.2. The fourth-order valence-electron chi connectivity index (χ4n) is 3.95. The summed E-state index contributed by atoms with van der Waals surface area (Å²) in [6.07, 6.45) is 1.24. The summed E-state index contributed by atoms with van der Waals surface area (Å²) in [7, 11) is 1.82. The van der Waals surface area contributed by atoms with Gasteiger partial charge in [-0.05, 0) is 55.4 Å². The van der Waals surface area contributed by atoms with Crippen LogP contribution in [0.4, 0.5) is 0 Å². The van der Waals surface area contributed by atoms with Gasteiger partial charge in [0.2, 0.25) is 0 Å². The Kier molecular flexibility index (Phi) is 7.53. The Labute approximate surface area is 196 Å². The van der Waals surface area contributed by atoms with E-state index in [0.717, 1.165) is 29.6 Å². The standard InChI is InChI=1S/C24H29N5.HI/c1-17-13-18(2)29(28-17)23-12-8-7-11-20(23)15-26-24(25-3)27-16-21-14-22(21)19-9-5-4-6-10-19;/h4-13,21-22H,14-16H2,1-3H3,(H2,25,26,27);1H. The number of halogens is 1. The number of hydrogen-bond acceptors (Lipinski definition) is 2. The lowest BCUT2D eigenvalue weighted by molar-refractivity contribution is 0.717. The van der Waals surface area contributed by atoms with Crippen molar-refractivity contribution in [1.82, 2.24) is 20.4 Å². The summed E-state index contributed by atoms with van der Waals surface area (Å²) in [4.78, 5) is 4.40. The molecule has 1 heterocycles. The van der Waals surface area contributed by atoms with Gasteiger partial charge in [0.25, 0.3) is 0 Å². The van der Waals surface area contributed by atoms with E-state index < -0.39 is 0 Å². The maximum Gasteiger partial charge on any atom is 0.191 e. The van der Waals surface area contributed by atoms with Crippen molar-refractivity contribution in [3.05, 3.63) is 83.2 Å². The molecule has 2 atom stereocenters. The van der Waals surface area contributed by atoms with Crippen LogP contribution in [0.15, 0.2) is 65.7 Å². The quantitative estimate of drug-likeness (QED) is 0.287. The lowest BCUT2D eigenvalue weighted by Gasteiger charge is -2.15. The number of para-hydroxylation sites is 1. The van der Waals surface area contributed by atoms with Crippen LogP contribution in [-0.4, -0.2) is 29.3 Å². The molecule has 1 aliphatic rings. The molecule has 0 aliphatic heterocycles. The third-order valence-corrected chi connectivity index (χ3v) is 5.58. The lowest BCUT2D eigenvalue weighted by atomic mass is 10.1. The molecule has 3 aromatic rings. The molecule has 158 valence electrons. The summed E-state index contributed by atoms with van der Waals surface area (Å²) >= 11 is 0. The molecule has 5 nitrogen and oxygen atoms in total. The Bertz CT molecular complexity index is 996. The largest absolute Gasteiger partial charge is 0.356 e. The fourth-order valence-corrected chi connectivity index (χ4v) is 3.95. The van der Waals surface area contributed by atoms with Crippen LogP contribution in [-0.2, 0) is 6.54 Å². The van der Waals surface area contributed by atoms with Crippen molar-refractivity contribution in [3.63, 3.8) is 0 Å². The lowest BCUT2D eigenvalue weighted by Crippen LogP contribution is -2.38. The van der Waals surface area contributed by atoms with Gasteiger partial charge >= 0.3 is 0 Å². The number of hydrogen-bond donors (Lipinski definition) is 2. The fraction of sp³-hybridized carbons (Fsp3) is 0.333. The molecule has 30 heavy (non-hydrogen) atoms. The van der Waals surface area contributed by atoms with Crippen molar-refractivity contribution in [2.75, 3.05) is 13.6 Å².